The number of benzene rings is 1. The van der Waals surface area contributed by atoms with Gasteiger partial charge in [0.05, 0.1) is 19.8 Å². The van der Waals surface area contributed by atoms with Crippen LogP contribution >= 0.6 is 0 Å². The van der Waals surface area contributed by atoms with Crippen molar-refractivity contribution < 1.29 is 14.6 Å². The van der Waals surface area contributed by atoms with Gasteiger partial charge in [0, 0.05) is 13.1 Å². The van der Waals surface area contributed by atoms with Gasteiger partial charge in [-0.2, -0.15) is 0 Å². The zero-order valence-corrected chi connectivity index (χ0v) is 11.5. The van der Waals surface area contributed by atoms with Crippen molar-refractivity contribution in [3.05, 3.63) is 41.7 Å². The maximum Gasteiger partial charge on any atom is 0.224 e. The molecule has 1 heterocycles. The number of nitrogens with one attached hydrogen (secondary N) is 1. The molecule has 0 aliphatic carbocycles. The third-order valence-corrected chi connectivity index (χ3v) is 2.82. The Kier molecular flexibility index (Phi) is 4.73. The van der Waals surface area contributed by atoms with Gasteiger partial charge >= 0.3 is 0 Å². The van der Waals surface area contributed by atoms with Crippen LogP contribution in [-0.4, -0.2) is 29.3 Å². The Hall–Kier alpha value is -2.34. The summed E-state index contributed by atoms with van der Waals surface area (Å²) in [5.41, 5.74) is 1.84. The molecule has 6 nitrogen and oxygen atoms in total. The minimum Gasteiger partial charge on any atom is -0.508 e. The second kappa shape index (κ2) is 6.72. The van der Waals surface area contributed by atoms with Crippen molar-refractivity contribution in [2.24, 2.45) is 0 Å². The van der Waals surface area contributed by atoms with E-state index in [1.807, 2.05) is 12.1 Å². The smallest absolute Gasteiger partial charge is 0.224 e. The monoisotopic (exact) mass is 275 g/mol. The predicted octanol–water partition coefficient (Wildman–Crippen LogP) is 1.49. The van der Waals surface area contributed by atoms with Gasteiger partial charge in [-0.05, 0) is 17.7 Å². The van der Waals surface area contributed by atoms with Crippen molar-refractivity contribution in [1.29, 1.82) is 0 Å². The molecule has 0 unspecified atom stereocenters. The highest BCUT2D eigenvalue weighted by Crippen LogP contribution is 2.23. The molecule has 0 amide bonds. The topological polar surface area (TPSA) is 76.5 Å². The average Bonchev–Trinajstić information content (AvgIpc) is 2.49. The van der Waals surface area contributed by atoms with E-state index in [0.717, 1.165) is 11.1 Å². The molecule has 1 aromatic carbocycles. The maximum atomic E-state index is 9.23. The van der Waals surface area contributed by atoms with E-state index in [2.05, 4.69) is 15.3 Å². The molecule has 2 N–H and O–H groups in total. The molecule has 0 fully saturated rings. The standard InChI is InChI=1S/C14H17N3O3/c1-19-13-12(14(20-2)17-9-16-13)8-15-7-10-3-5-11(18)6-4-10/h3-6,9,15,18H,7-8H2,1-2H3. The Morgan fingerprint density at radius 3 is 2.15 bits per heavy atom. The molecule has 0 spiro atoms. The van der Waals surface area contributed by atoms with Crippen molar-refractivity contribution in [3.63, 3.8) is 0 Å². The van der Waals surface area contributed by atoms with Gasteiger partial charge in [-0.3, -0.25) is 0 Å². The molecule has 0 radical (unpaired) electrons. The highest BCUT2D eigenvalue weighted by Gasteiger charge is 2.12. The van der Waals surface area contributed by atoms with Gasteiger partial charge < -0.3 is 19.9 Å². The van der Waals surface area contributed by atoms with Crippen molar-refractivity contribution in [3.8, 4) is 17.5 Å². The number of nitrogens with zero attached hydrogens (tertiary/aromatic N) is 2. The van der Waals surface area contributed by atoms with E-state index < -0.39 is 0 Å². The third-order valence-electron chi connectivity index (χ3n) is 2.82. The van der Waals surface area contributed by atoms with Gasteiger partial charge in [-0.1, -0.05) is 12.1 Å². The average molecular weight is 275 g/mol. The van der Waals surface area contributed by atoms with Crippen LogP contribution in [0.25, 0.3) is 0 Å². The Morgan fingerprint density at radius 1 is 1.00 bits per heavy atom. The van der Waals surface area contributed by atoms with Crippen LogP contribution in [0.15, 0.2) is 30.6 Å². The molecule has 6 heteroatoms. The van der Waals surface area contributed by atoms with Crippen molar-refractivity contribution in [2.75, 3.05) is 14.2 Å². The summed E-state index contributed by atoms with van der Waals surface area (Å²) in [6.07, 6.45) is 1.40. The lowest BCUT2D eigenvalue weighted by atomic mass is 10.2. The van der Waals surface area contributed by atoms with E-state index in [1.54, 1.807) is 26.4 Å². The van der Waals surface area contributed by atoms with Gasteiger partial charge in [0.25, 0.3) is 0 Å². The molecule has 1 aromatic heterocycles. The largest absolute Gasteiger partial charge is 0.508 e. The molecule has 0 saturated heterocycles. The number of ether oxygens (including phenoxy) is 2. The summed E-state index contributed by atoms with van der Waals surface area (Å²) in [6, 6.07) is 7.03. The van der Waals surface area contributed by atoms with Crippen LogP contribution < -0.4 is 14.8 Å². The summed E-state index contributed by atoms with van der Waals surface area (Å²) in [5.74, 6) is 1.25. The Labute approximate surface area is 117 Å². The van der Waals surface area contributed by atoms with Crippen molar-refractivity contribution in [2.45, 2.75) is 13.1 Å². The van der Waals surface area contributed by atoms with Crippen molar-refractivity contribution >= 4 is 0 Å². The molecule has 0 bridgehead atoms. The molecular formula is C14H17N3O3. The number of phenols is 1. The van der Waals surface area contributed by atoms with Crippen LogP contribution in [0.1, 0.15) is 11.1 Å². The van der Waals surface area contributed by atoms with Gasteiger partial charge in [-0.25, -0.2) is 9.97 Å². The number of aromatic hydroxyl groups is 1. The zero-order chi connectivity index (χ0) is 14.4. The molecule has 0 saturated carbocycles. The lowest BCUT2D eigenvalue weighted by Gasteiger charge is -2.11. The Bertz CT molecular complexity index is 536. The normalized spacial score (nSPS) is 10.3. The molecular weight excluding hydrogens is 258 g/mol. The highest BCUT2D eigenvalue weighted by molar-refractivity contribution is 5.34. The fraction of sp³-hybridized carbons (Fsp3) is 0.286. The Morgan fingerprint density at radius 2 is 1.60 bits per heavy atom. The SMILES string of the molecule is COc1ncnc(OC)c1CNCc1ccc(O)cc1. The highest BCUT2D eigenvalue weighted by atomic mass is 16.5. The number of hydrogen-bond acceptors (Lipinski definition) is 6. The number of methoxy groups -OCH3 is 2. The van der Waals surface area contributed by atoms with Crippen molar-refractivity contribution in [1.82, 2.24) is 15.3 Å². The first-order valence-corrected chi connectivity index (χ1v) is 6.15. The zero-order valence-electron chi connectivity index (χ0n) is 11.5. The fourth-order valence-electron chi connectivity index (χ4n) is 1.83. The summed E-state index contributed by atoms with van der Waals surface area (Å²) in [5, 5.41) is 12.5. The van der Waals surface area contributed by atoms with Crippen LogP contribution in [-0.2, 0) is 13.1 Å². The first-order chi connectivity index (χ1) is 9.74. The summed E-state index contributed by atoms with van der Waals surface area (Å²) < 4.78 is 10.4. The van der Waals surface area contributed by atoms with E-state index in [9.17, 15) is 5.11 Å². The second-order valence-corrected chi connectivity index (χ2v) is 4.14. The van der Waals surface area contributed by atoms with Crippen LogP contribution in [0.4, 0.5) is 0 Å². The lowest BCUT2D eigenvalue weighted by molar-refractivity contribution is 0.359. The minimum absolute atomic E-state index is 0.258. The van der Waals surface area contributed by atoms with Gasteiger partial charge in [-0.15, -0.1) is 0 Å². The summed E-state index contributed by atoms with van der Waals surface area (Å²) in [6.45, 7) is 1.18. The Balaban J connectivity index is 2.01. The maximum absolute atomic E-state index is 9.23. The van der Waals surface area contributed by atoms with Crippen LogP contribution in [0.2, 0.25) is 0 Å². The van der Waals surface area contributed by atoms with E-state index in [1.165, 1.54) is 6.33 Å². The summed E-state index contributed by atoms with van der Waals surface area (Å²) >= 11 is 0. The van der Waals surface area contributed by atoms with E-state index in [0.29, 0.717) is 24.8 Å². The van der Waals surface area contributed by atoms with Crippen LogP contribution in [0.5, 0.6) is 17.5 Å². The summed E-state index contributed by atoms with van der Waals surface area (Å²) in [7, 11) is 3.12. The molecule has 0 aliphatic rings. The summed E-state index contributed by atoms with van der Waals surface area (Å²) in [4.78, 5) is 8.11. The molecule has 20 heavy (non-hydrogen) atoms. The third kappa shape index (κ3) is 3.36. The molecule has 2 rings (SSSR count). The first kappa shape index (κ1) is 14.1. The van der Waals surface area contributed by atoms with Crippen LogP contribution in [0.3, 0.4) is 0 Å². The first-order valence-electron chi connectivity index (χ1n) is 6.15. The van der Waals surface area contributed by atoms with Gasteiger partial charge in [0.2, 0.25) is 11.8 Å². The number of phenolic OH excluding ortho intramolecular Hbond substituents is 1. The number of aromatic nitrogens is 2. The molecule has 0 atom stereocenters. The molecule has 106 valence electrons. The quantitative estimate of drug-likeness (QED) is 0.831. The van der Waals surface area contributed by atoms with E-state index in [-0.39, 0.29) is 5.75 Å². The molecule has 0 aliphatic heterocycles. The van der Waals surface area contributed by atoms with E-state index >= 15 is 0 Å². The van der Waals surface area contributed by atoms with Crippen LogP contribution in [0, 0.1) is 0 Å². The molecule has 2 aromatic rings. The van der Waals surface area contributed by atoms with Gasteiger partial charge in [0.1, 0.15) is 12.1 Å². The lowest BCUT2D eigenvalue weighted by Crippen LogP contribution is -2.15. The van der Waals surface area contributed by atoms with E-state index in [4.69, 9.17) is 9.47 Å². The number of hydrogen-bond donors (Lipinski definition) is 2. The van der Waals surface area contributed by atoms with Gasteiger partial charge in [0.15, 0.2) is 0 Å². The second-order valence-electron chi connectivity index (χ2n) is 4.14. The predicted molar refractivity (Wildman–Crippen MR) is 73.8 cm³/mol. The fourth-order valence-corrected chi connectivity index (χ4v) is 1.83. The minimum atomic E-state index is 0.258. The number of rotatable bonds is 6.